The number of rotatable bonds is 5. The number of halogens is 1. The number of aryl methyl sites for hydroxylation is 1. The number of carbonyl (C=O) groups is 1. The standard InChI is InChI=1S/C20H23ClN2O/c1-14(16-8-4-9-17(21)12-16)22-13-20(24)23-19-11-5-7-15-6-2-3-10-18(15)19/h2-4,6,8-10,12,14,19,22H,5,7,11,13H2,1H3,(H,23,24)/t14-,19-/m1/s1. The molecule has 0 bridgehead atoms. The highest BCUT2D eigenvalue weighted by Gasteiger charge is 2.21. The number of hydrogen-bond acceptors (Lipinski definition) is 2. The zero-order chi connectivity index (χ0) is 16.9. The van der Waals surface area contributed by atoms with E-state index in [0.29, 0.717) is 11.6 Å². The number of benzene rings is 2. The Kier molecular flexibility index (Phi) is 5.54. The van der Waals surface area contributed by atoms with E-state index in [-0.39, 0.29) is 18.0 Å². The summed E-state index contributed by atoms with van der Waals surface area (Å²) in [5.41, 5.74) is 3.70. The lowest BCUT2D eigenvalue weighted by atomic mass is 9.88. The van der Waals surface area contributed by atoms with E-state index in [1.807, 2.05) is 37.3 Å². The fraction of sp³-hybridized carbons (Fsp3) is 0.350. The molecular weight excluding hydrogens is 320 g/mol. The Morgan fingerprint density at radius 2 is 2.08 bits per heavy atom. The van der Waals surface area contributed by atoms with Gasteiger partial charge < -0.3 is 10.6 Å². The van der Waals surface area contributed by atoms with Crippen molar-refractivity contribution in [3.05, 3.63) is 70.2 Å². The van der Waals surface area contributed by atoms with Crippen molar-refractivity contribution in [3.8, 4) is 0 Å². The van der Waals surface area contributed by atoms with E-state index in [1.54, 1.807) is 0 Å². The molecule has 2 aromatic rings. The summed E-state index contributed by atoms with van der Waals surface area (Å²) in [5.74, 6) is 0.0329. The van der Waals surface area contributed by atoms with E-state index >= 15 is 0 Å². The van der Waals surface area contributed by atoms with Gasteiger partial charge in [-0.05, 0) is 55.0 Å². The van der Waals surface area contributed by atoms with Crippen LogP contribution in [0.3, 0.4) is 0 Å². The maximum absolute atomic E-state index is 12.3. The number of carbonyl (C=O) groups excluding carboxylic acids is 1. The van der Waals surface area contributed by atoms with Crippen molar-refractivity contribution in [2.75, 3.05) is 6.54 Å². The quantitative estimate of drug-likeness (QED) is 0.855. The maximum Gasteiger partial charge on any atom is 0.234 e. The lowest BCUT2D eigenvalue weighted by Crippen LogP contribution is -2.38. The summed E-state index contributed by atoms with van der Waals surface area (Å²) < 4.78 is 0. The van der Waals surface area contributed by atoms with Crippen LogP contribution >= 0.6 is 11.6 Å². The van der Waals surface area contributed by atoms with Crippen LogP contribution in [0.5, 0.6) is 0 Å². The fourth-order valence-corrected chi connectivity index (χ4v) is 3.49. The topological polar surface area (TPSA) is 41.1 Å². The van der Waals surface area contributed by atoms with Crippen LogP contribution in [0.25, 0.3) is 0 Å². The highest BCUT2D eigenvalue weighted by atomic mass is 35.5. The molecule has 24 heavy (non-hydrogen) atoms. The summed E-state index contributed by atoms with van der Waals surface area (Å²) in [5, 5.41) is 7.15. The van der Waals surface area contributed by atoms with Gasteiger partial charge in [0.25, 0.3) is 0 Å². The third kappa shape index (κ3) is 4.16. The number of amides is 1. The third-order valence-corrected chi connectivity index (χ3v) is 4.86. The minimum absolute atomic E-state index is 0.0329. The Hall–Kier alpha value is -1.84. The van der Waals surface area contributed by atoms with E-state index in [9.17, 15) is 4.79 Å². The third-order valence-electron chi connectivity index (χ3n) is 4.62. The molecule has 3 rings (SSSR count). The van der Waals surface area contributed by atoms with E-state index < -0.39 is 0 Å². The van der Waals surface area contributed by atoms with Crippen molar-refractivity contribution < 1.29 is 4.79 Å². The summed E-state index contributed by atoms with van der Waals surface area (Å²) in [4.78, 5) is 12.3. The Balaban J connectivity index is 1.55. The molecule has 0 heterocycles. The van der Waals surface area contributed by atoms with Crippen molar-refractivity contribution in [2.45, 2.75) is 38.3 Å². The van der Waals surface area contributed by atoms with Crippen LogP contribution in [0.2, 0.25) is 5.02 Å². The molecule has 0 radical (unpaired) electrons. The number of nitrogens with one attached hydrogen (secondary N) is 2. The molecule has 2 aromatic carbocycles. The summed E-state index contributed by atoms with van der Waals surface area (Å²) in [6, 6.07) is 16.3. The Morgan fingerprint density at radius 1 is 1.25 bits per heavy atom. The smallest absolute Gasteiger partial charge is 0.234 e. The van der Waals surface area contributed by atoms with Crippen LogP contribution in [0.1, 0.15) is 48.5 Å². The zero-order valence-electron chi connectivity index (χ0n) is 13.9. The van der Waals surface area contributed by atoms with Crippen LogP contribution in [0.15, 0.2) is 48.5 Å². The number of fused-ring (bicyclic) bond motifs is 1. The SMILES string of the molecule is C[C@@H](NCC(=O)N[C@@H]1CCCc2ccccc21)c1cccc(Cl)c1. The van der Waals surface area contributed by atoms with Crippen molar-refractivity contribution in [1.29, 1.82) is 0 Å². The molecule has 0 spiro atoms. The minimum atomic E-state index is 0.0329. The van der Waals surface area contributed by atoms with E-state index in [4.69, 9.17) is 11.6 Å². The normalized spacial score (nSPS) is 17.8. The molecule has 3 nitrogen and oxygen atoms in total. The lowest BCUT2D eigenvalue weighted by Gasteiger charge is -2.26. The first kappa shape index (κ1) is 17.0. The predicted octanol–water partition coefficient (Wildman–Crippen LogP) is 4.18. The first-order valence-electron chi connectivity index (χ1n) is 8.49. The van der Waals surface area contributed by atoms with Gasteiger partial charge in [-0.3, -0.25) is 4.79 Å². The van der Waals surface area contributed by atoms with E-state index in [2.05, 4.69) is 28.8 Å². The first-order chi connectivity index (χ1) is 11.6. The molecule has 0 aromatic heterocycles. The molecule has 1 amide bonds. The Labute approximate surface area is 148 Å². The summed E-state index contributed by atoms with van der Waals surface area (Å²) in [7, 11) is 0. The predicted molar refractivity (Wildman–Crippen MR) is 98.1 cm³/mol. The molecule has 0 aliphatic heterocycles. The molecule has 0 saturated heterocycles. The van der Waals surface area contributed by atoms with Gasteiger partial charge in [0, 0.05) is 11.1 Å². The maximum atomic E-state index is 12.3. The molecule has 0 unspecified atom stereocenters. The second-order valence-corrected chi connectivity index (χ2v) is 6.81. The van der Waals surface area contributed by atoms with Gasteiger partial charge in [-0.15, -0.1) is 0 Å². The highest BCUT2D eigenvalue weighted by Crippen LogP contribution is 2.29. The largest absolute Gasteiger partial charge is 0.348 e. The molecule has 126 valence electrons. The van der Waals surface area contributed by atoms with Gasteiger partial charge in [0.2, 0.25) is 5.91 Å². The summed E-state index contributed by atoms with van der Waals surface area (Å²) in [6.07, 6.45) is 3.23. The second-order valence-electron chi connectivity index (χ2n) is 6.37. The van der Waals surface area contributed by atoms with Gasteiger partial charge in [0.15, 0.2) is 0 Å². The molecule has 2 N–H and O–H groups in total. The zero-order valence-corrected chi connectivity index (χ0v) is 14.6. The van der Waals surface area contributed by atoms with Gasteiger partial charge in [-0.2, -0.15) is 0 Å². The van der Waals surface area contributed by atoms with Gasteiger partial charge >= 0.3 is 0 Å². The highest BCUT2D eigenvalue weighted by molar-refractivity contribution is 6.30. The Morgan fingerprint density at radius 3 is 2.92 bits per heavy atom. The average Bonchev–Trinajstić information content (AvgIpc) is 2.60. The minimum Gasteiger partial charge on any atom is -0.348 e. The summed E-state index contributed by atoms with van der Waals surface area (Å²) in [6.45, 7) is 2.33. The lowest BCUT2D eigenvalue weighted by molar-refractivity contribution is -0.121. The Bertz CT molecular complexity index is 716. The summed E-state index contributed by atoms with van der Waals surface area (Å²) >= 11 is 6.02. The van der Waals surface area contributed by atoms with Crippen LogP contribution in [-0.2, 0) is 11.2 Å². The van der Waals surface area contributed by atoms with Crippen molar-refractivity contribution in [1.82, 2.24) is 10.6 Å². The monoisotopic (exact) mass is 342 g/mol. The van der Waals surface area contributed by atoms with Gasteiger partial charge in [0.1, 0.15) is 0 Å². The van der Waals surface area contributed by atoms with Crippen LogP contribution in [0.4, 0.5) is 0 Å². The molecular formula is C20H23ClN2O. The molecule has 0 saturated carbocycles. The second kappa shape index (κ2) is 7.82. The van der Waals surface area contributed by atoms with Crippen molar-refractivity contribution >= 4 is 17.5 Å². The molecule has 0 fully saturated rings. The van der Waals surface area contributed by atoms with E-state index in [0.717, 1.165) is 24.8 Å². The molecule has 4 heteroatoms. The average molecular weight is 343 g/mol. The molecule has 1 aliphatic carbocycles. The van der Waals surface area contributed by atoms with Crippen LogP contribution in [0, 0.1) is 0 Å². The fourth-order valence-electron chi connectivity index (χ4n) is 3.29. The molecule has 2 atom stereocenters. The van der Waals surface area contributed by atoms with Gasteiger partial charge in [0.05, 0.1) is 12.6 Å². The first-order valence-corrected chi connectivity index (χ1v) is 8.87. The van der Waals surface area contributed by atoms with E-state index in [1.165, 1.54) is 11.1 Å². The number of hydrogen-bond donors (Lipinski definition) is 2. The van der Waals surface area contributed by atoms with Crippen LogP contribution < -0.4 is 10.6 Å². The van der Waals surface area contributed by atoms with Crippen LogP contribution in [-0.4, -0.2) is 12.5 Å². The van der Waals surface area contributed by atoms with Crippen molar-refractivity contribution in [3.63, 3.8) is 0 Å². The van der Waals surface area contributed by atoms with Crippen molar-refractivity contribution in [2.24, 2.45) is 0 Å². The molecule has 1 aliphatic rings. The van der Waals surface area contributed by atoms with Gasteiger partial charge in [-0.25, -0.2) is 0 Å². The van der Waals surface area contributed by atoms with Gasteiger partial charge in [-0.1, -0.05) is 48.0 Å².